The first-order chi connectivity index (χ1) is 14.2. The highest BCUT2D eigenvalue weighted by molar-refractivity contribution is 6.31. The van der Waals surface area contributed by atoms with E-state index in [-0.39, 0.29) is 23.4 Å². The average molecular weight is 405 g/mol. The van der Waals surface area contributed by atoms with Crippen LogP contribution in [0.4, 0.5) is 5.82 Å². The number of benzene rings is 1. The number of fused-ring (bicyclic) bond motifs is 2. The first kappa shape index (κ1) is 18.8. The van der Waals surface area contributed by atoms with E-state index in [1.807, 2.05) is 19.1 Å². The van der Waals surface area contributed by atoms with E-state index in [2.05, 4.69) is 4.98 Å². The summed E-state index contributed by atoms with van der Waals surface area (Å²) in [6.45, 7) is 6.05. The molecule has 2 aromatic rings. The van der Waals surface area contributed by atoms with Crippen LogP contribution >= 0.6 is 0 Å². The summed E-state index contributed by atoms with van der Waals surface area (Å²) in [7, 11) is 0. The van der Waals surface area contributed by atoms with Gasteiger partial charge in [-0.2, -0.15) is 0 Å². The Morgan fingerprint density at radius 2 is 1.93 bits per heavy atom. The molecule has 1 saturated carbocycles. The van der Waals surface area contributed by atoms with Gasteiger partial charge in [0.15, 0.2) is 0 Å². The number of piperidine rings is 1. The van der Waals surface area contributed by atoms with Gasteiger partial charge in [-0.05, 0) is 57.4 Å². The van der Waals surface area contributed by atoms with Crippen LogP contribution < -0.4 is 14.4 Å². The third-order valence-electron chi connectivity index (χ3n) is 6.44. The lowest BCUT2D eigenvalue weighted by Crippen LogP contribution is -2.54. The van der Waals surface area contributed by atoms with E-state index >= 15 is 0 Å². The van der Waals surface area contributed by atoms with Gasteiger partial charge in [-0.25, -0.2) is 9.88 Å². The zero-order chi connectivity index (χ0) is 21.3. The van der Waals surface area contributed by atoms with E-state index in [1.165, 1.54) is 6.20 Å². The molecule has 3 aliphatic rings. The van der Waals surface area contributed by atoms with Gasteiger partial charge >= 0.3 is 0 Å². The van der Waals surface area contributed by atoms with E-state index in [4.69, 9.17) is 14.9 Å². The highest BCUT2D eigenvalue weighted by atomic mass is 16.5. The molecule has 2 fully saturated rings. The van der Waals surface area contributed by atoms with Crippen molar-refractivity contribution in [3.8, 4) is 17.2 Å². The van der Waals surface area contributed by atoms with Crippen molar-refractivity contribution in [2.75, 3.05) is 11.5 Å². The quantitative estimate of drug-likeness (QED) is 0.782. The molecule has 0 unspecified atom stereocenters. The summed E-state index contributed by atoms with van der Waals surface area (Å²) in [5.74, 6) is 1.58. The minimum absolute atomic E-state index is 0.0761. The zero-order valence-electron chi connectivity index (χ0n) is 17.2. The molecule has 7 heteroatoms. The first-order valence-electron chi connectivity index (χ1n) is 10.1. The Morgan fingerprint density at radius 3 is 2.60 bits per heavy atom. The molecule has 0 bridgehead atoms. The molecule has 2 aliphatic heterocycles. The lowest BCUT2D eigenvalue weighted by molar-refractivity contribution is -0.131. The third kappa shape index (κ3) is 2.65. The number of amides is 2. The van der Waals surface area contributed by atoms with Crippen LogP contribution in [0.15, 0.2) is 30.5 Å². The molecule has 30 heavy (non-hydrogen) atoms. The van der Waals surface area contributed by atoms with E-state index in [1.54, 1.807) is 26.0 Å². The number of rotatable bonds is 3. The van der Waals surface area contributed by atoms with Gasteiger partial charge in [0, 0.05) is 16.7 Å². The number of hydrogen-bond acceptors (Lipinski definition) is 6. The van der Waals surface area contributed by atoms with Gasteiger partial charge in [0.2, 0.25) is 11.8 Å². The predicted octanol–water partition coefficient (Wildman–Crippen LogP) is 3.92. The van der Waals surface area contributed by atoms with Crippen molar-refractivity contribution in [1.82, 2.24) is 4.98 Å². The minimum Gasteiger partial charge on any atom is -0.492 e. The molecule has 1 saturated heterocycles. The van der Waals surface area contributed by atoms with Crippen LogP contribution in [0, 0.1) is 17.7 Å². The van der Waals surface area contributed by atoms with Gasteiger partial charge in [-0.1, -0.05) is 6.07 Å². The highest BCUT2D eigenvalue weighted by Crippen LogP contribution is 2.59. The topological polar surface area (TPSA) is 92.6 Å². The monoisotopic (exact) mass is 405 g/mol. The van der Waals surface area contributed by atoms with Crippen molar-refractivity contribution in [2.45, 2.75) is 45.4 Å². The molecule has 2 amide bonds. The number of carbonyl (C=O) groups is 2. The largest absolute Gasteiger partial charge is 0.492 e. The second kappa shape index (κ2) is 6.14. The third-order valence-corrected chi connectivity index (χ3v) is 6.44. The molecule has 5 rings (SSSR count). The lowest BCUT2D eigenvalue weighted by Gasteiger charge is -2.35. The fourth-order valence-corrected chi connectivity index (χ4v) is 4.17. The molecular formula is C23H23N3O4. The van der Waals surface area contributed by atoms with Gasteiger partial charge in [-0.3, -0.25) is 9.59 Å². The lowest BCUT2D eigenvalue weighted by atomic mass is 9.81. The van der Waals surface area contributed by atoms with Crippen molar-refractivity contribution in [3.63, 3.8) is 0 Å². The number of anilines is 1. The number of nitrogens with one attached hydrogen (secondary N) is 1. The SMILES string of the molecule is Cc1ccc(Oc2ccc(N3C(=O)CC(=N)C(C)(C)C3=O)nc2)c2c1OCC21CC1. The molecule has 1 N–H and O–H groups in total. The van der Waals surface area contributed by atoms with Crippen molar-refractivity contribution in [1.29, 1.82) is 5.41 Å². The molecular weight excluding hydrogens is 382 g/mol. The maximum Gasteiger partial charge on any atom is 0.246 e. The van der Waals surface area contributed by atoms with Crippen LogP contribution in [0.3, 0.4) is 0 Å². The van der Waals surface area contributed by atoms with Gasteiger partial charge in [0.05, 0.1) is 24.6 Å². The fourth-order valence-electron chi connectivity index (χ4n) is 4.17. The molecule has 1 aromatic carbocycles. The fraction of sp³-hybridized carbons (Fsp3) is 0.391. The summed E-state index contributed by atoms with van der Waals surface area (Å²) in [5, 5.41) is 7.96. The molecule has 1 aromatic heterocycles. The van der Waals surface area contributed by atoms with Crippen LogP contribution in [0.25, 0.3) is 0 Å². The summed E-state index contributed by atoms with van der Waals surface area (Å²) in [6.07, 6.45) is 3.63. The Morgan fingerprint density at radius 1 is 1.17 bits per heavy atom. The normalized spacial score (nSPS) is 20.9. The Bertz CT molecular complexity index is 1100. The Balaban J connectivity index is 1.42. The Kier molecular flexibility index (Phi) is 3.84. The molecule has 3 heterocycles. The Hall–Kier alpha value is -3.22. The Labute approximate surface area is 174 Å². The summed E-state index contributed by atoms with van der Waals surface area (Å²) < 4.78 is 12.1. The number of carbonyl (C=O) groups excluding carboxylic acids is 2. The first-order valence-corrected chi connectivity index (χ1v) is 10.1. The molecule has 0 radical (unpaired) electrons. The number of aromatic nitrogens is 1. The van der Waals surface area contributed by atoms with E-state index in [0.29, 0.717) is 12.4 Å². The summed E-state index contributed by atoms with van der Waals surface area (Å²) in [6, 6.07) is 7.26. The number of aryl methyl sites for hydroxylation is 1. The van der Waals surface area contributed by atoms with Gasteiger partial charge in [-0.15, -0.1) is 0 Å². The predicted molar refractivity (Wildman–Crippen MR) is 111 cm³/mol. The second-order valence-electron chi connectivity index (χ2n) is 8.92. The number of ether oxygens (including phenoxy) is 2. The van der Waals surface area contributed by atoms with Crippen LogP contribution in [-0.2, 0) is 15.0 Å². The smallest absolute Gasteiger partial charge is 0.246 e. The van der Waals surface area contributed by atoms with Crippen LogP contribution in [-0.4, -0.2) is 29.1 Å². The van der Waals surface area contributed by atoms with Crippen molar-refractivity contribution in [2.24, 2.45) is 5.41 Å². The van der Waals surface area contributed by atoms with E-state index in [0.717, 1.165) is 40.4 Å². The zero-order valence-corrected chi connectivity index (χ0v) is 17.2. The number of hydrogen-bond donors (Lipinski definition) is 1. The molecule has 0 atom stereocenters. The van der Waals surface area contributed by atoms with Crippen molar-refractivity contribution >= 4 is 23.3 Å². The highest BCUT2D eigenvalue weighted by Gasteiger charge is 2.53. The molecule has 7 nitrogen and oxygen atoms in total. The van der Waals surface area contributed by atoms with Crippen molar-refractivity contribution in [3.05, 3.63) is 41.6 Å². The van der Waals surface area contributed by atoms with E-state index < -0.39 is 17.2 Å². The maximum absolute atomic E-state index is 12.8. The van der Waals surface area contributed by atoms with Crippen LogP contribution in [0.5, 0.6) is 17.2 Å². The maximum atomic E-state index is 12.8. The molecule has 154 valence electrons. The molecule has 1 spiro atoms. The van der Waals surface area contributed by atoms with Crippen LogP contribution in [0.2, 0.25) is 0 Å². The summed E-state index contributed by atoms with van der Waals surface area (Å²) >= 11 is 0. The number of pyridine rings is 1. The standard InChI is InChI=1S/C23H23N3O4/c1-13-4-6-15(19-20(13)29-12-23(19)8-9-23)30-14-5-7-17(25-11-14)26-18(27)10-16(24)22(2,3)21(26)28/h4-7,11,24H,8-10,12H2,1-3H3. The van der Waals surface area contributed by atoms with Gasteiger partial charge in [0.25, 0.3) is 0 Å². The van der Waals surface area contributed by atoms with E-state index in [9.17, 15) is 9.59 Å². The average Bonchev–Trinajstić information content (AvgIpc) is 3.38. The summed E-state index contributed by atoms with van der Waals surface area (Å²) in [4.78, 5) is 30.5. The second-order valence-corrected chi connectivity index (χ2v) is 8.92. The van der Waals surface area contributed by atoms with Gasteiger partial charge in [0.1, 0.15) is 23.1 Å². The van der Waals surface area contributed by atoms with Gasteiger partial charge < -0.3 is 14.9 Å². The minimum atomic E-state index is -1.02. The number of nitrogens with zero attached hydrogens (tertiary/aromatic N) is 2. The molecule has 1 aliphatic carbocycles. The van der Waals surface area contributed by atoms with Crippen molar-refractivity contribution < 1.29 is 19.1 Å². The van der Waals surface area contributed by atoms with Crippen LogP contribution in [0.1, 0.15) is 44.2 Å². The number of imide groups is 1. The summed E-state index contributed by atoms with van der Waals surface area (Å²) in [5.41, 5.74) is 1.41.